The summed E-state index contributed by atoms with van der Waals surface area (Å²) < 4.78 is 11.2. The Morgan fingerprint density at radius 3 is 1.48 bits per heavy atom. The largest absolute Gasteiger partial charge is 0.394 e. The van der Waals surface area contributed by atoms with Crippen LogP contribution in [0.2, 0.25) is 0 Å². The number of aliphatic hydroxyl groups is 5. The highest BCUT2D eigenvalue weighted by Gasteiger charge is 2.44. The lowest BCUT2D eigenvalue weighted by Gasteiger charge is -2.40. The number of aliphatic hydroxyl groups excluding tert-OH is 5. The second kappa shape index (κ2) is 39.5. The van der Waals surface area contributed by atoms with Crippen LogP contribution >= 0.6 is 0 Å². The van der Waals surface area contributed by atoms with Crippen molar-refractivity contribution in [1.29, 1.82) is 0 Å². The van der Waals surface area contributed by atoms with Gasteiger partial charge in [-0.3, -0.25) is 4.79 Å². The number of rotatable bonds is 40. The molecule has 9 nitrogen and oxygen atoms in total. The number of allylic oxidation sites excluding steroid dienone is 5. The molecule has 1 amide bonds. The molecular weight excluding hydrogens is 731 g/mol. The number of hydrogen-bond acceptors (Lipinski definition) is 8. The van der Waals surface area contributed by atoms with E-state index in [-0.39, 0.29) is 12.5 Å². The van der Waals surface area contributed by atoms with Gasteiger partial charge in [0.05, 0.1) is 25.4 Å². The lowest BCUT2D eigenvalue weighted by molar-refractivity contribution is -0.302. The summed E-state index contributed by atoms with van der Waals surface area (Å²) in [5.41, 5.74) is 0. The molecule has 7 atom stereocenters. The Hall–Kier alpha value is -1.59. The third kappa shape index (κ3) is 29.6. The van der Waals surface area contributed by atoms with Crippen molar-refractivity contribution in [3.63, 3.8) is 0 Å². The highest BCUT2D eigenvalue weighted by Crippen LogP contribution is 2.23. The number of amides is 1. The maximum atomic E-state index is 13.0. The van der Waals surface area contributed by atoms with Crippen LogP contribution < -0.4 is 5.32 Å². The van der Waals surface area contributed by atoms with Gasteiger partial charge in [0.15, 0.2) is 6.29 Å². The van der Waals surface area contributed by atoms with Crippen LogP contribution in [0.3, 0.4) is 0 Å². The number of carbonyl (C=O) groups excluding carboxylic acids is 1. The van der Waals surface area contributed by atoms with Crippen molar-refractivity contribution in [2.24, 2.45) is 0 Å². The molecule has 1 heterocycles. The zero-order valence-corrected chi connectivity index (χ0v) is 37.3. The number of nitrogens with one attached hydrogen (secondary N) is 1. The van der Waals surface area contributed by atoms with E-state index >= 15 is 0 Å². The number of ether oxygens (including phenoxy) is 2. The van der Waals surface area contributed by atoms with Gasteiger partial charge < -0.3 is 40.3 Å². The molecule has 1 saturated heterocycles. The Bertz CT molecular complexity index is 1000. The second-order valence-electron chi connectivity index (χ2n) is 16.9. The molecule has 7 unspecified atom stereocenters. The standard InChI is InChI=1S/C49H91NO8/c1-3-5-7-9-11-13-15-17-18-19-20-21-22-23-24-25-26-27-29-31-33-35-37-39-45(53)50-42(41-57-49-48(56)47(55)46(54)44(40-51)58-49)43(52)38-36-34-32-30-28-16-14-12-10-8-6-4-2/h20-21,23-24,36,38,42-44,46-49,51-52,54-56H,3-19,22,25-35,37,39-41H2,1-2H3,(H,50,53)/b21-20-,24-23-,38-36+. The first-order valence-electron chi connectivity index (χ1n) is 24.2. The van der Waals surface area contributed by atoms with E-state index in [1.807, 2.05) is 6.08 Å². The first kappa shape index (κ1) is 54.4. The lowest BCUT2D eigenvalue weighted by atomic mass is 9.99. The molecule has 0 aromatic rings. The van der Waals surface area contributed by atoms with Crippen molar-refractivity contribution < 1.29 is 39.8 Å². The van der Waals surface area contributed by atoms with Crippen LogP contribution in [0.25, 0.3) is 0 Å². The Labute approximate surface area is 355 Å². The molecule has 9 heteroatoms. The predicted molar refractivity (Wildman–Crippen MR) is 240 cm³/mol. The van der Waals surface area contributed by atoms with E-state index < -0.39 is 49.5 Å². The number of unbranched alkanes of at least 4 members (excludes halogenated alkanes) is 26. The summed E-state index contributed by atoms with van der Waals surface area (Å²) in [6, 6.07) is -0.807. The zero-order valence-electron chi connectivity index (χ0n) is 37.3. The van der Waals surface area contributed by atoms with Crippen LogP contribution in [0.4, 0.5) is 0 Å². The van der Waals surface area contributed by atoms with Gasteiger partial charge in [0.1, 0.15) is 24.4 Å². The molecular formula is C49H91NO8. The van der Waals surface area contributed by atoms with Gasteiger partial charge in [-0.15, -0.1) is 0 Å². The summed E-state index contributed by atoms with van der Waals surface area (Å²) in [4.78, 5) is 13.0. The van der Waals surface area contributed by atoms with Gasteiger partial charge >= 0.3 is 0 Å². The Morgan fingerprint density at radius 2 is 1.02 bits per heavy atom. The molecule has 1 fully saturated rings. The average Bonchev–Trinajstić information content (AvgIpc) is 3.22. The molecule has 1 aliphatic heterocycles. The van der Waals surface area contributed by atoms with E-state index in [0.717, 1.165) is 57.8 Å². The van der Waals surface area contributed by atoms with E-state index in [9.17, 15) is 30.3 Å². The van der Waals surface area contributed by atoms with Crippen LogP contribution in [0, 0.1) is 0 Å². The topological polar surface area (TPSA) is 149 Å². The van der Waals surface area contributed by atoms with Gasteiger partial charge in [0.25, 0.3) is 0 Å². The smallest absolute Gasteiger partial charge is 0.220 e. The van der Waals surface area contributed by atoms with E-state index in [1.165, 1.54) is 135 Å². The molecule has 58 heavy (non-hydrogen) atoms. The van der Waals surface area contributed by atoms with Gasteiger partial charge in [-0.2, -0.15) is 0 Å². The molecule has 0 bridgehead atoms. The molecule has 1 aliphatic rings. The quantitative estimate of drug-likeness (QED) is 0.0264. The van der Waals surface area contributed by atoms with Gasteiger partial charge in [0, 0.05) is 6.42 Å². The van der Waals surface area contributed by atoms with Crippen LogP contribution in [-0.2, 0) is 14.3 Å². The maximum absolute atomic E-state index is 13.0. The summed E-state index contributed by atoms with van der Waals surface area (Å²) in [6.07, 6.45) is 41.9. The minimum Gasteiger partial charge on any atom is -0.394 e. The Morgan fingerprint density at radius 1 is 0.586 bits per heavy atom. The van der Waals surface area contributed by atoms with Gasteiger partial charge in [-0.25, -0.2) is 0 Å². The van der Waals surface area contributed by atoms with Crippen molar-refractivity contribution in [2.75, 3.05) is 13.2 Å². The molecule has 340 valence electrons. The first-order valence-corrected chi connectivity index (χ1v) is 24.2. The van der Waals surface area contributed by atoms with E-state index in [4.69, 9.17) is 9.47 Å². The van der Waals surface area contributed by atoms with Crippen LogP contribution in [0.5, 0.6) is 0 Å². The fourth-order valence-electron chi connectivity index (χ4n) is 7.54. The molecule has 0 saturated carbocycles. The van der Waals surface area contributed by atoms with Gasteiger partial charge in [-0.05, 0) is 51.4 Å². The minimum absolute atomic E-state index is 0.185. The maximum Gasteiger partial charge on any atom is 0.220 e. The van der Waals surface area contributed by atoms with Crippen LogP contribution in [-0.4, -0.2) is 87.5 Å². The highest BCUT2D eigenvalue weighted by molar-refractivity contribution is 5.76. The molecule has 0 aromatic carbocycles. The molecule has 0 spiro atoms. The third-order valence-electron chi connectivity index (χ3n) is 11.5. The normalized spacial score (nSPS) is 21.1. The van der Waals surface area contributed by atoms with Crippen molar-refractivity contribution in [1.82, 2.24) is 5.32 Å². The lowest BCUT2D eigenvalue weighted by Crippen LogP contribution is -2.60. The molecule has 1 rings (SSSR count). The fourth-order valence-corrected chi connectivity index (χ4v) is 7.54. The van der Waals surface area contributed by atoms with Crippen LogP contribution in [0.1, 0.15) is 213 Å². The minimum atomic E-state index is -1.57. The summed E-state index contributed by atoms with van der Waals surface area (Å²) in [6.45, 7) is 3.76. The van der Waals surface area contributed by atoms with E-state index in [0.29, 0.717) is 6.42 Å². The van der Waals surface area contributed by atoms with Crippen molar-refractivity contribution >= 4 is 5.91 Å². The molecule has 0 aromatic heterocycles. The van der Waals surface area contributed by atoms with Gasteiger partial charge in [0.2, 0.25) is 5.91 Å². The number of carbonyl (C=O) groups is 1. The Kier molecular flexibility index (Phi) is 37.1. The fraction of sp³-hybridized carbons (Fsp3) is 0.857. The van der Waals surface area contributed by atoms with E-state index in [2.05, 4.69) is 43.5 Å². The summed E-state index contributed by atoms with van der Waals surface area (Å²) in [5, 5.41) is 54.2. The molecule has 0 aliphatic carbocycles. The van der Waals surface area contributed by atoms with Crippen LogP contribution in [0.15, 0.2) is 36.5 Å². The predicted octanol–water partition coefficient (Wildman–Crippen LogP) is 10.5. The zero-order chi connectivity index (χ0) is 42.3. The first-order chi connectivity index (χ1) is 28.3. The average molecular weight is 822 g/mol. The molecule has 0 radical (unpaired) electrons. The summed E-state index contributed by atoms with van der Waals surface area (Å²) in [5.74, 6) is -0.185. The second-order valence-corrected chi connectivity index (χ2v) is 16.9. The summed E-state index contributed by atoms with van der Waals surface area (Å²) in [7, 11) is 0. The Balaban J connectivity index is 2.29. The highest BCUT2D eigenvalue weighted by atomic mass is 16.7. The van der Waals surface area contributed by atoms with Crippen molar-refractivity contribution in [3.8, 4) is 0 Å². The van der Waals surface area contributed by atoms with Crippen molar-refractivity contribution in [3.05, 3.63) is 36.5 Å². The molecule has 6 N–H and O–H groups in total. The van der Waals surface area contributed by atoms with Gasteiger partial charge in [-0.1, -0.05) is 192 Å². The SMILES string of the molecule is CCCCCCCCCCC/C=C\C/C=C\CCCCCCCCCC(=O)NC(COC1OC(CO)C(O)C(O)C1O)C(O)/C=C/CCCCCCCCCCCC. The monoisotopic (exact) mass is 822 g/mol. The van der Waals surface area contributed by atoms with Crippen molar-refractivity contribution in [2.45, 2.75) is 256 Å². The number of hydrogen-bond donors (Lipinski definition) is 6. The van der Waals surface area contributed by atoms with E-state index in [1.54, 1.807) is 6.08 Å². The third-order valence-corrected chi connectivity index (χ3v) is 11.5. The summed E-state index contributed by atoms with van der Waals surface area (Å²) >= 11 is 0.